The van der Waals surface area contributed by atoms with Crippen molar-refractivity contribution in [2.75, 3.05) is 40.4 Å². The first-order valence-corrected chi connectivity index (χ1v) is 9.73. The number of hydrogen-bond donors (Lipinski definition) is 3. The average molecular weight is 423 g/mol. The molecular weight excluding hydrogens is 396 g/mol. The highest BCUT2D eigenvalue weighted by atomic mass is 79.9. The Bertz CT molecular complexity index is 703. The van der Waals surface area contributed by atoms with Crippen LogP contribution in [-0.4, -0.2) is 45.5 Å². The normalized spacial score (nSPS) is 20.0. The van der Waals surface area contributed by atoms with Crippen molar-refractivity contribution in [3.05, 3.63) is 52.0 Å². The first kappa shape index (κ1) is 19.0. The van der Waals surface area contributed by atoms with Gasteiger partial charge >= 0.3 is 0 Å². The van der Waals surface area contributed by atoms with Gasteiger partial charge in [0.2, 0.25) is 5.75 Å². The van der Waals surface area contributed by atoms with Crippen LogP contribution < -0.4 is 19.3 Å². The Hall–Kier alpha value is -1.76. The molecule has 0 aromatic heterocycles. The highest BCUT2D eigenvalue weighted by Crippen LogP contribution is 2.36. The van der Waals surface area contributed by atoms with E-state index >= 15 is 0 Å². The van der Waals surface area contributed by atoms with E-state index in [1.807, 2.05) is 12.1 Å². The van der Waals surface area contributed by atoms with Crippen LogP contribution in [0.15, 0.2) is 40.9 Å². The Labute approximate surface area is 163 Å². The molecule has 2 aromatic carbocycles. The van der Waals surface area contributed by atoms with Gasteiger partial charge in [-0.1, -0.05) is 28.1 Å². The van der Waals surface area contributed by atoms with Gasteiger partial charge in [0, 0.05) is 15.6 Å². The lowest BCUT2D eigenvalue weighted by atomic mass is 10.1. The number of halogens is 1. The summed E-state index contributed by atoms with van der Waals surface area (Å²) >= 11 is 3.49. The molecule has 0 spiro atoms. The minimum atomic E-state index is 0.0671. The van der Waals surface area contributed by atoms with Gasteiger partial charge in [0.25, 0.3) is 0 Å². The molecule has 0 bridgehead atoms. The molecule has 2 aromatic rings. The summed E-state index contributed by atoms with van der Waals surface area (Å²) in [7, 11) is 3.13. The molecule has 1 aliphatic rings. The largest absolute Gasteiger partial charge is 0.502 e. The van der Waals surface area contributed by atoms with Crippen LogP contribution in [0.1, 0.15) is 11.1 Å². The second-order valence-corrected chi connectivity index (χ2v) is 7.74. The second kappa shape index (κ2) is 8.75. The summed E-state index contributed by atoms with van der Waals surface area (Å²) in [6.45, 7) is 6.60. The quantitative estimate of drug-likeness (QED) is 0.640. The fourth-order valence-electron chi connectivity index (χ4n) is 3.54. The average Bonchev–Trinajstić information content (AvgIpc) is 2.66. The molecule has 0 unspecified atom stereocenters. The number of piperazine rings is 1. The van der Waals surface area contributed by atoms with Crippen LogP contribution in [0.4, 0.5) is 0 Å². The molecule has 0 amide bonds. The van der Waals surface area contributed by atoms with Crippen molar-refractivity contribution in [2.24, 2.45) is 0 Å². The summed E-state index contributed by atoms with van der Waals surface area (Å²) in [6, 6.07) is 12.4. The predicted octanol–water partition coefficient (Wildman–Crippen LogP) is 0.656. The van der Waals surface area contributed by atoms with Crippen molar-refractivity contribution in [1.82, 2.24) is 0 Å². The van der Waals surface area contributed by atoms with Gasteiger partial charge in [-0.05, 0) is 24.3 Å². The summed E-state index contributed by atoms with van der Waals surface area (Å²) in [4.78, 5) is 3.19. The number of aromatic hydroxyl groups is 1. The van der Waals surface area contributed by atoms with E-state index in [9.17, 15) is 5.11 Å². The molecule has 26 heavy (non-hydrogen) atoms. The molecule has 5 nitrogen and oxygen atoms in total. The van der Waals surface area contributed by atoms with Crippen LogP contribution >= 0.6 is 15.9 Å². The van der Waals surface area contributed by atoms with Crippen molar-refractivity contribution < 1.29 is 24.4 Å². The van der Waals surface area contributed by atoms with Gasteiger partial charge in [0.1, 0.15) is 39.3 Å². The third-order valence-corrected chi connectivity index (χ3v) is 5.55. The first-order valence-electron chi connectivity index (χ1n) is 8.94. The lowest BCUT2D eigenvalue weighted by Gasteiger charge is -2.30. The molecule has 6 heteroatoms. The van der Waals surface area contributed by atoms with E-state index in [0.29, 0.717) is 11.5 Å². The van der Waals surface area contributed by atoms with Crippen LogP contribution in [0, 0.1) is 0 Å². The van der Waals surface area contributed by atoms with E-state index in [0.717, 1.165) is 49.3 Å². The second-order valence-electron chi connectivity index (χ2n) is 6.83. The fourth-order valence-corrected chi connectivity index (χ4v) is 3.80. The number of hydrogen-bond acceptors (Lipinski definition) is 3. The van der Waals surface area contributed by atoms with Crippen molar-refractivity contribution in [3.8, 4) is 17.2 Å². The maximum absolute atomic E-state index is 10.0. The Balaban J connectivity index is 1.56. The zero-order chi connectivity index (χ0) is 18.5. The van der Waals surface area contributed by atoms with Gasteiger partial charge in [-0.25, -0.2) is 0 Å². The van der Waals surface area contributed by atoms with E-state index in [2.05, 4.69) is 40.2 Å². The number of nitrogens with one attached hydrogen (secondary N) is 2. The van der Waals surface area contributed by atoms with Crippen LogP contribution in [-0.2, 0) is 13.1 Å². The van der Waals surface area contributed by atoms with Gasteiger partial charge < -0.3 is 24.4 Å². The smallest absolute Gasteiger partial charge is 0.200 e. The molecule has 0 saturated carbocycles. The molecule has 0 aliphatic carbocycles. The maximum atomic E-state index is 10.0. The molecule has 140 valence electrons. The number of phenols is 1. The molecule has 1 heterocycles. The fraction of sp³-hybridized carbons (Fsp3) is 0.400. The van der Waals surface area contributed by atoms with Crippen molar-refractivity contribution in [2.45, 2.75) is 13.1 Å². The number of ether oxygens (including phenoxy) is 2. The standard InChI is InChI=1S/C20H25BrN2O3/c1-25-18-11-16(12-19(26-2)20(18)24)14-23-9-7-22(8-10-23)13-15-3-5-17(21)6-4-15/h3-6,11-12,24H,7-10,13-14H2,1-2H3/p+2. The molecule has 1 saturated heterocycles. The van der Waals surface area contributed by atoms with E-state index in [1.54, 1.807) is 24.0 Å². The number of benzene rings is 2. The van der Waals surface area contributed by atoms with Gasteiger partial charge in [-0.3, -0.25) is 0 Å². The lowest BCUT2D eigenvalue weighted by molar-refractivity contribution is -1.02. The third-order valence-electron chi connectivity index (χ3n) is 5.03. The summed E-state index contributed by atoms with van der Waals surface area (Å²) in [5, 5.41) is 10.0. The number of methoxy groups -OCH3 is 2. The van der Waals surface area contributed by atoms with Gasteiger partial charge in [-0.15, -0.1) is 0 Å². The molecule has 3 rings (SSSR count). The molecule has 0 atom stereocenters. The molecule has 3 N–H and O–H groups in total. The van der Waals surface area contributed by atoms with Crippen LogP contribution in [0.25, 0.3) is 0 Å². The minimum absolute atomic E-state index is 0.0671. The Morgan fingerprint density at radius 2 is 1.31 bits per heavy atom. The summed E-state index contributed by atoms with van der Waals surface area (Å²) in [5.41, 5.74) is 2.52. The number of phenolic OH excluding ortho intramolecular Hbond substituents is 1. The topological polar surface area (TPSA) is 47.6 Å². The van der Waals surface area contributed by atoms with E-state index < -0.39 is 0 Å². The molecule has 1 aliphatic heterocycles. The van der Waals surface area contributed by atoms with E-state index in [4.69, 9.17) is 9.47 Å². The molecular formula is C20H27BrN2O3+2. The Morgan fingerprint density at radius 1 is 0.846 bits per heavy atom. The predicted molar refractivity (Wildman–Crippen MR) is 104 cm³/mol. The van der Waals surface area contributed by atoms with E-state index in [-0.39, 0.29) is 5.75 Å². The van der Waals surface area contributed by atoms with E-state index in [1.165, 1.54) is 5.56 Å². The van der Waals surface area contributed by atoms with Crippen LogP contribution in [0.5, 0.6) is 17.2 Å². The van der Waals surface area contributed by atoms with Gasteiger partial charge in [0.05, 0.1) is 14.2 Å². The number of quaternary nitrogens is 2. The third kappa shape index (κ3) is 4.69. The summed E-state index contributed by atoms with van der Waals surface area (Å²) in [6.07, 6.45) is 0. The van der Waals surface area contributed by atoms with Crippen molar-refractivity contribution in [3.63, 3.8) is 0 Å². The molecule has 1 fully saturated rings. The van der Waals surface area contributed by atoms with Crippen LogP contribution in [0.2, 0.25) is 0 Å². The highest BCUT2D eigenvalue weighted by molar-refractivity contribution is 9.10. The molecule has 0 radical (unpaired) electrons. The summed E-state index contributed by atoms with van der Waals surface area (Å²) < 4.78 is 11.7. The Kier molecular flexibility index (Phi) is 6.40. The highest BCUT2D eigenvalue weighted by Gasteiger charge is 2.24. The zero-order valence-electron chi connectivity index (χ0n) is 15.3. The van der Waals surface area contributed by atoms with Gasteiger partial charge in [0.15, 0.2) is 11.5 Å². The van der Waals surface area contributed by atoms with Crippen molar-refractivity contribution in [1.29, 1.82) is 0 Å². The van der Waals surface area contributed by atoms with Crippen LogP contribution in [0.3, 0.4) is 0 Å². The summed E-state index contributed by atoms with van der Waals surface area (Å²) in [5.74, 6) is 1.01. The first-order chi connectivity index (χ1) is 12.6. The van der Waals surface area contributed by atoms with Gasteiger partial charge in [-0.2, -0.15) is 0 Å². The lowest BCUT2D eigenvalue weighted by Crippen LogP contribution is -3.27. The monoisotopic (exact) mass is 422 g/mol. The van der Waals surface area contributed by atoms with Crippen molar-refractivity contribution >= 4 is 15.9 Å². The Morgan fingerprint density at radius 3 is 1.77 bits per heavy atom. The maximum Gasteiger partial charge on any atom is 0.200 e. The SMILES string of the molecule is COc1cc(C[NH+]2CC[NH+](Cc3ccc(Br)cc3)CC2)cc(OC)c1O. The zero-order valence-corrected chi connectivity index (χ0v) is 16.9. The number of rotatable bonds is 6. The minimum Gasteiger partial charge on any atom is -0.502 e.